The van der Waals surface area contributed by atoms with Gasteiger partial charge in [0.2, 0.25) is 0 Å². The van der Waals surface area contributed by atoms with E-state index in [1.165, 1.54) is 0 Å². The van der Waals surface area contributed by atoms with E-state index in [0.717, 1.165) is 29.3 Å². The fourth-order valence-electron chi connectivity index (χ4n) is 1.98. The average Bonchev–Trinajstić information content (AvgIpc) is 2.22. The fraction of sp³-hybridized carbons (Fsp3) is 0.462. The van der Waals surface area contributed by atoms with Gasteiger partial charge in [-0.1, -0.05) is 15.9 Å². The van der Waals surface area contributed by atoms with Gasteiger partial charge < -0.3 is 10.4 Å². The highest BCUT2D eigenvalue weighted by atomic mass is 79.9. The number of rotatable bonds is 3. The zero-order chi connectivity index (χ0) is 12.5. The van der Waals surface area contributed by atoms with E-state index >= 15 is 0 Å². The number of benzene rings is 1. The molecule has 0 aliphatic heterocycles. The highest BCUT2D eigenvalue weighted by molar-refractivity contribution is 9.10. The molecule has 17 heavy (non-hydrogen) atoms. The lowest BCUT2D eigenvalue weighted by Crippen LogP contribution is -2.47. The van der Waals surface area contributed by atoms with Crippen LogP contribution >= 0.6 is 15.9 Å². The molecule has 2 N–H and O–H groups in total. The monoisotopic (exact) mass is 297 g/mol. The summed E-state index contributed by atoms with van der Waals surface area (Å²) in [6.07, 6.45) is 2.61. The van der Waals surface area contributed by atoms with E-state index in [-0.39, 0.29) is 5.91 Å². The molecule has 0 unspecified atom stereocenters. The molecule has 3 nitrogen and oxygen atoms in total. The van der Waals surface area contributed by atoms with Crippen LogP contribution in [0.15, 0.2) is 22.7 Å². The second-order valence-electron chi connectivity index (χ2n) is 4.78. The zero-order valence-corrected chi connectivity index (χ0v) is 11.4. The lowest BCUT2D eigenvalue weighted by Gasteiger charge is -2.36. The molecule has 0 atom stereocenters. The maximum absolute atomic E-state index is 11.9. The van der Waals surface area contributed by atoms with Gasteiger partial charge in [0.25, 0.3) is 5.91 Å². The van der Waals surface area contributed by atoms with Crippen molar-refractivity contribution in [3.63, 3.8) is 0 Å². The van der Waals surface area contributed by atoms with E-state index in [1.54, 1.807) is 6.07 Å². The Labute approximate surface area is 109 Å². The number of nitrogens with one attached hydrogen (secondary N) is 1. The van der Waals surface area contributed by atoms with E-state index in [4.69, 9.17) is 0 Å². The highest BCUT2D eigenvalue weighted by Crippen LogP contribution is 2.30. The molecular formula is C13H16BrNO2. The van der Waals surface area contributed by atoms with E-state index < -0.39 is 5.60 Å². The van der Waals surface area contributed by atoms with Crippen molar-refractivity contribution in [3.8, 4) is 0 Å². The van der Waals surface area contributed by atoms with E-state index in [2.05, 4.69) is 21.2 Å². The molecule has 0 saturated heterocycles. The van der Waals surface area contributed by atoms with Gasteiger partial charge in [-0.2, -0.15) is 0 Å². The van der Waals surface area contributed by atoms with E-state index in [1.807, 2.05) is 19.1 Å². The van der Waals surface area contributed by atoms with Crippen molar-refractivity contribution < 1.29 is 9.90 Å². The van der Waals surface area contributed by atoms with Crippen molar-refractivity contribution in [2.24, 2.45) is 0 Å². The molecule has 2 rings (SSSR count). The maximum Gasteiger partial charge on any atom is 0.251 e. The molecule has 0 aromatic heterocycles. The van der Waals surface area contributed by atoms with Crippen LogP contribution in [0.4, 0.5) is 0 Å². The minimum Gasteiger partial charge on any atom is -0.388 e. The highest BCUT2D eigenvalue weighted by Gasteiger charge is 2.34. The number of carbonyl (C=O) groups excluding carboxylic acids is 1. The average molecular weight is 298 g/mol. The van der Waals surface area contributed by atoms with Crippen molar-refractivity contribution in [2.75, 3.05) is 6.54 Å². The summed E-state index contributed by atoms with van der Waals surface area (Å²) in [5, 5.41) is 12.7. The number of halogens is 1. The predicted molar refractivity (Wildman–Crippen MR) is 70.0 cm³/mol. The number of hydrogen-bond acceptors (Lipinski definition) is 2. The van der Waals surface area contributed by atoms with Crippen LogP contribution in [-0.4, -0.2) is 23.2 Å². The molecule has 1 aliphatic carbocycles. The topological polar surface area (TPSA) is 49.3 Å². The van der Waals surface area contributed by atoms with Crippen LogP contribution in [0.5, 0.6) is 0 Å². The molecule has 0 radical (unpaired) electrons. The maximum atomic E-state index is 11.9. The summed E-state index contributed by atoms with van der Waals surface area (Å²) in [6, 6.07) is 5.58. The van der Waals surface area contributed by atoms with Crippen LogP contribution in [0.25, 0.3) is 0 Å². The second kappa shape index (κ2) is 4.78. The lowest BCUT2D eigenvalue weighted by molar-refractivity contribution is -0.0300. The third-order valence-electron chi connectivity index (χ3n) is 3.17. The van der Waals surface area contributed by atoms with Gasteiger partial charge in [-0.3, -0.25) is 4.79 Å². The molecule has 0 heterocycles. The van der Waals surface area contributed by atoms with Gasteiger partial charge in [-0.05, 0) is 49.9 Å². The molecule has 1 saturated carbocycles. The number of carbonyl (C=O) groups is 1. The van der Waals surface area contributed by atoms with Crippen LogP contribution in [0.1, 0.15) is 35.2 Å². The van der Waals surface area contributed by atoms with Gasteiger partial charge in [0.05, 0.1) is 5.60 Å². The van der Waals surface area contributed by atoms with Crippen LogP contribution < -0.4 is 5.32 Å². The molecule has 1 fully saturated rings. The lowest BCUT2D eigenvalue weighted by atomic mass is 9.80. The number of hydrogen-bond donors (Lipinski definition) is 2. The quantitative estimate of drug-likeness (QED) is 0.900. The summed E-state index contributed by atoms with van der Waals surface area (Å²) >= 11 is 3.37. The first-order chi connectivity index (χ1) is 7.98. The Bertz CT molecular complexity index is 421. The van der Waals surface area contributed by atoms with E-state index in [0.29, 0.717) is 12.1 Å². The molecule has 1 aliphatic rings. The Morgan fingerprint density at radius 2 is 2.18 bits per heavy atom. The van der Waals surface area contributed by atoms with Gasteiger partial charge in [0.1, 0.15) is 0 Å². The molecule has 1 aromatic rings. The van der Waals surface area contributed by atoms with Crippen LogP contribution in [0.3, 0.4) is 0 Å². The Morgan fingerprint density at radius 3 is 2.71 bits per heavy atom. The van der Waals surface area contributed by atoms with Gasteiger partial charge in [-0.25, -0.2) is 0 Å². The van der Waals surface area contributed by atoms with Crippen molar-refractivity contribution >= 4 is 21.8 Å². The first kappa shape index (κ1) is 12.6. The summed E-state index contributed by atoms with van der Waals surface area (Å²) in [5.74, 6) is -0.130. The van der Waals surface area contributed by atoms with Crippen molar-refractivity contribution in [1.29, 1.82) is 0 Å². The summed E-state index contributed by atoms with van der Waals surface area (Å²) in [7, 11) is 0. The molecule has 0 bridgehead atoms. The Kier molecular flexibility index (Phi) is 3.54. The number of amides is 1. The second-order valence-corrected chi connectivity index (χ2v) is 5.69. The third kappa shape index (κ3) is 3.07. The number of aliphatic hydroxyl groups is 1. The Morgan fingerprint density at radius 1 is 1.47 bits per heavy atom. The normalized spacial score (nSPS) is 17.4. The molecule has 92 valence electrons. The molecule has 1 amide bonds. The third-order valence-corrected chi connectivity index (χ3v) is 3.62. The van der Waals surface area contributed by atoms with Crippen molar-refractivity contribution in [1.82, 2.24) is 5.32 Å². The first-order valence-corrected chi connectivity index (χ1v) is 6.56. The molecular weight excluding hydrogens is 282 g/mol. The molecule has 0 spiro atoms. The summed E-state index contributed by atoms with van der Waals surface area (Å²) in [6.45, 7) is 2.29. The minimum atomic E-state index is -0.670. The molecule has 1 aromatic carbocycles. The van der Waals surface area contributed by atoms with Crippen LogP contribution in [0.2, 0.25) is 0 Å². The van der Waals surface area contributed by atoms with Crippen LogP contribution in [0, 0.1) is 6.92 Å². The number of aryl methyl sites for hydroxylation is 1. The van der Waals surface area contributed by atoms with Crippen LogP contribution in [-0.2, 0) is 0 Å². The van der Waals surface area contributed by atoms with Gasteiger partial charge >= 0.3 is 0 Å². The van der Waals surface area contributed by atoms with Crippen molar-refractivity contribution in [3.05, 3.63) is 33.8 Å². The summed E-state index contributed by atoms with van der Waals surface area (Å²) in [5.41, 5.74) is 0.989. The first-order valence-electron chi connectivity index (χ1n) is 5.76. The standard InChI is InChI=1S/C13H16BrNO2/c1-9-5-10(7-11(14)6-9)12(16)15-8-13(17)3-2-4-13/h5-7,17H,2-4,8H2,1H3,(H,15,16). The fourth-order valence-corrected chi connectivity index (χ4v) is 2.58. The predicted octanol–water partition coefficient (Wildman–Crippen LogP) is 2.40. The molecule has 4 heteroatoms. The van der Waals surface area contributed by atoms with Gasteiger partial charge in [0, 0.05) is 16.6 Å². The summed E-state index contributed by atoms with van der Waals surface area (Å²) < 4.78 is 0.894. The van der Waals surface area contributed by atoms with Gasteiger partial charge in [-0.15, -0.1) is 0 Å². The minimum absolute atomic E-state index is 0.130. The van der Waals surface area contributed by atoms with Crippen molar-refractivity contribution in [2.45, 2.75) is 31.8 Å². The largest absolute Gasteiger partial charge is 0.388 e. The Hall–Kier alpha value is -0.870. The zero-order valence-electron chi connectivity index (χ0n) is 9.79. The Balaban J connectivity index is 1.99. The summed E-state index contributed by atoms with van der Waals surface area (Å²) in [4.78, 5) is 11.9. The van der Waals surface area contributed by atoms with Gasteiger partial charge in [0.15, 0.2) is 0 Å². The SMILES string of the molecule is Cc1cc(Br)cc(C(=O)NCC2(O)CCC2)c1. The van der Waals surface area contributed by atoms with E-state index in [9.17, 15) is 9.90 Å². The smallest absolute Gasteiger partial charge is 0.251 e.